The van der Waals surface area contributed by atoms with Crippen molar-refractivity contribution in [2.24, 2.45) is 0 Å². The molecule has 4 rings (SSSR count). The summed E-state index contributed by atoms with van der Waals surface area (Å²) in [6.07, 6.45) is 1.60. The van der Waals surface area contributed by atoms with E-state index in [1.165, 1.54) is 0 Å². The molecule has 0 saturated heterocycles. The number of rotatable bonds is 3. The predicted octanol–water partition coefficient (Wildman–Crippen LogP) is 4.46. The Labute approximate surface area is 133 Å². The molecule has 0 unspecified atom stereocenters. The van der Waals surface area contributed by atoms with Crippen LogP contribution in [-0.4, -0.2) is 4.98 Å². The smallest absolute Gasteiger partial charge is 0.134 e. The Morgan fingerprint density at radius 3 is 2.78 bits per heavy atom. The fraction of sp³-hybridized carbons (Fsp3) is 0.0526. The third-order valence-corrected chi connectivity index (χ3v) is 3.81. The molecule has 0 aliphatic rings. The first-order valence-electron chi connectivity index (χ1n) is 7.34. The van der Waals surface area contributed by atoms with Gasteiger partial charge in [-0.2, -0.15) is 5.26 Å². The summed E-state index contributed by atoms with van der Waals surface area (Å²) in [4.78, 5) is 4.32. The van der Waals surface area contributed by atoms with E-state index < -0.39 is 0 Å². The van der Waals surface area contributed by atoms with Crippen LogP contribution in [0.5, 0.6) is 0 Å². The number of hydrogen-bond acceptors (Lipinski definition) is 4. The van der Waals surface area contributed by atoms with Crippen molar-refractivity contribution < 1.29 is 4.42 Å². The van der Waals surface area contributed by atoms with Crippen LogP contribution in [-0.2, 0) is 6.54 Å². The molecule has 0 spiro atoms. The molecule has 0 radical (unpaired) electrons. The number of nitrogens with zero attached hydrogens (tertiary/aromatic N) is 2. The van der Waals surface area contributed by atoms with Crippen LogP contribution in [0.2, 0.25) is 0 Å². The molecule has 0 bridgehead atoms. The molecule has 0 fully saturated rings. The van der Waals surface area contributed by atoms with Gasteiger partial charge in [0.15, 0.2) is 0 Å². The van der Waals surface area contributed by atoms with Crippen molar-refractivity contribution in [3.8, 4) is 6.07 Å². The van der Waals surface area contributed by atoms with Crippen LogP contribution in [0, 0.1) is 11.3 Å². The maximum Gasteiger partial charge on any atom is 0.134 e. The van der Waals surface area contributed by atoms with Crippen molar-refractivity contribution in [2.45, 2.75) is 6.54 Å². The summed E-state index contributed by atoms with van der Waals surface area (Å²) in [5.41, 5.74) is 3.04. The molecule has 1 N–H and O–H groups in total. The van der Waals surface area contributed by atoms with E-state index >= 15 is 0 Å². The largest absolute Gasteiger partial charge is 0.459 e. The normalized spacial score (nSPS) is 10.7. The molecule has 4 aromatic rings. The number of pyridine rings is 1. The molecule has 23 heavy (non-hydrogen) atoms. The highest BCUT2D eigenvalue weighted by molar-refractivity contribution is 5.93. The minimum absolute atomic E-state index is 0.511. The average Bonchev–Trinajstić information content (AvgIpc) is 3.02. The zero-order valence-electron chi connectivity index (χ0n) is 12.3. The molecular weight excluding hydrogens is 286 g/mol. The van der Waals surface area contributed by atoms with Crippen LogP contribution in [0.15, 0.2) is 65.2 Å². The molecular formula is C19H13N3O. The first kappa shape index (κ1) is 13.4. The maximum absolute atomic E-state index is 9.34. The van der Waals surface area contributed by atoms with Gasteiger partial charge in [-0.1, -0.05) is 36.4 Å². The van der Waals surface area contributed by atoms with Crippen LogP contribution in [0.1, 0.15) is 11.3 Å². The second kappa shape index (κ2) is 5.47. The lowest BCUT2D eigenvalue weighted by atomic mass is 10.1. The number of benzene rings is 2. The maximum atomic E-state index is 9.34. The van der Waals surface area contributed by atoms with Crippen LogP contribution < -0.4 is 5.32 Å². The highest BCUT2D eigenvalue weighted by Crippen LogP contribution is 2.26. The van der Waals surface area contributed by atoms with Crippen molar-refractivity contribution >= 4 is 27.6 Å². The Hall–Kier alpha value is -3.32. The number of nitriles is 1. The summed E-state index contributed by atoms with van der Waals surface area (Å²) in [5, 5.41) is 14.7. The zero-order chi connectivity index (χ0) is 15.6. The molecule has 0 atom stereocenters. The Morgan fingerprint density at radius 1 is 1.09 bits per heavy atom. The van der Waals surface area contributed by atoms with Crippen molar-refractivity contribution in [1.29, 1.82) is 5.26 Å². The molecule has 4 heteroatoms. The Kier molecular flexibility index (Phi) is 3.17. The van der Waals surface area contributed by atoms with Crippen molar-refractivity contribution in [3.63, 3.8) is 0 Å². The fourth-order valence-electron chi connectivity index (χ4n) is 2.72. The first-order valence-corrected chi connectivity index (χ1v) is 7.34. The second-order valence-corrected chi connectivity index (χ2v) is 5.28. The summed E-state index contributed by atoms with van der Waals surface area (Å²) in [7, 11) is 0. The van der Waals surface area contributed by atoms with Gasteiger partial charge in [-0.25, -0.2) is 0 Å². The van der Waals surface area contributed by atoms with Gasteiger partial charge in [0.05, 0.1) is 23.3 Å². The van der Waals surface area contributed by atoms with E-state index in [0.717, 1.165) is 33.3 Å². The third kappa shape index (κ3) is 2.39. The summed E-state index contributed by atoms with van der Waals surface area (Å²) in [6, 6.07) is 19.9. The average molecular weight is 299 g/mol. The zero-order valence-corrected chi connectivity index (χ0v) is 12.3. The lowest BCUT2D eigenvalue weighted by Gasteiger charge is -2.10. The molecule has 2 aromatic carbocycles. The number of anilines is 1. The topological polar surface area (TPSA) is 61.9 Å². The summed E-state index contributed by atoms with van der Waals surface area (Å²) < 4.78 is 5.81. The highest BCUT2D eigenvalue weighted by Gasteiger charge is 2.09. The van der Waals surface area contributed by atoms with Gasteiger partial charge in [0, 0.05) is 17.0 Å². The van der Waals surface area contributed by atoms with Crippen LogP contribution >= 0.6 is 0 Å². The Bertz CT molecular complexity index is 1010. The van der Waals surface area contributed by atoms with Gasteiger partial charge < -0.3 is 9.73 Å². The van der Waals surface area contributed by atoms with E-state index in [4.69, 9.17) is 4.42 Å². The van der Waals surface area contributed by atoms with Gasteiger partial charge in [0.25, 0.3) is 0 Å². The molecule has 0 amide bonds. The quantitative estimate of drug-likeness (QED) is 0.606. The van der Waals surface area contributed by atoms with Crippen molar-refractivity contribution in [3.05, 3.63) is 72.1 Å². The van der Waals surface area contributed by atoms with E-state index in [-0.39, 0.29) is 0 Å². The summed E-state index contributed by atoms with van der Waals surface area (Å²) >= 11 is 0. The van der Waals surface area contributed by atoms with E-state index in [0.29, 0.717) is 12.1 Å². The first-order chi connectivity index (χ1) is 11.3. The third-order valence-electron chi connectivity index (χ3n) is 3.81. The van der Waals surface area contributed by atoms with Crippen LogP contribution in [0.3, 0.4) is 0 Å². The molecule has 4 nitrogen and oxygen atoms in total. The van der Waals surface area contributed by atoms with Gasteiger partial charge >= 0.3 is 0 Å². The number of furan rings is 1. The minimum atomic E-state index is 0.511. The molecule has 0 aliphatic heterocycles. The van der Waals surface area contributed by atoms with Crippen molar-refractivity contribution in [1.82, 2.24) is 4.98 Å². The number of hydrogen-bond donors (Lipinski definition) is 1. The highest BCUT2D eigenvalue weighted by atomic mass is 16.3. The SMILES string of the molecule is N#Cc1cnc2ccccc2c1NCc1cc2ccccc2o1. The van der Waals surface area contributed by atoms with Gasteiger partial charge in [0.1, 0.15) is 17.4 Å². The monoisotopic (exact) mass is 299 g/mol. The number of nitrogens with one attached hydrogen (secondary N) is 1. The van der Waals surface area contributed by atoms with Gasteiger partial charge in [-0.05, 0) is 18.2 Å². The lowest BCUT2D eigenvalue weighted by molar-refractivity contribution is 0.559. The molecule has 0 saturated carbocycles. The molecule has 2 aromatic heterocycles. The summed E-state index contributed by atoms with van der Waals surface area (Å²) in [5.74, 6) is 0.830. The Morgan fingerprint density at radius 2 is 1.91 bits per heavy atom. The van der Waals surface area contributed by atoms with E-state index in [2.05, 4.69) is 16.4 Å². The molecule has 0 aliphatic carbocycles. The van der Waals surface area contributed by atoms with E-state index in [1.54, 1.807) is 6.20 Å². The van der Waals surface area contributed by atoms with Gasteiger partial charge in [0.2, 0.25) is 0 Å². The van der Waals surface area contributed by atoms with E-state index in [1.807, 2.05) is 54.6 Å². The lowest BCUT2D eigenvalue weighted by Crippen LogP contribution is -2.02. The van der Waals surface area contributed by atoms with Crippen LogP contribution in [0.25, 0.3) is 21.9 Å². The van der Waals surface area contributed by atoms with Gasteiger partial charge in [-0.3, -0.25) is 4.98 Å². The number of fused-ring (bicyclic) bond motifs is 2. The van der Waals surface area contributed by atoms with Crippen molar-refractivity contribution in [2.75, 3.05) is 5.32 Å². The minimum Gasteiger partial charge on any atom is -0.459 e. The van der Waals surface area contributed by atoms with Crippen LogP contribution in [0.4, 0.5) is 5.69 Å². The number of aromatic nitrogens is 1. The summed E-state index contributed by atoms with van der Waals surface area (Å²) in [6.45, 7) is 0.511. The van der Waals surface area contributed by atoms with E-state index in [9.17, 15) is 5.26 Å². The van der Waals surface area contributed by atoms with Gasteiger partial charge in [-0.15, -0.1) is 0 Å². The Balaban J connectivity index is 1.71. The molecule has 110 valence electrons. The second-order valence-electron chi connectivity index (χ2n) is 5.28. The fourth-order valence-corrected chi connectivity index (χ4v) is 2.72. The molecule has 2 heterocycles. The standard InChI is InChI=1S/C19H13N3O/c20-10-14-11-21-17-7-3-2-6-16(17)19(14)22-12-15-9-13-5-1-4-8-18(13)23-15/h1-9,11H,12H2,(H,21,22). The number of para-hydroxylation sites is 2. The predicted molar refractivity (Wildman–Crippen MR) is 90.0 cm³/mol.